The molecule has 0 spiro atoms. The van der Waals surface area contributed by atoms with Gasteiger partial charge >= 0.3 is 0 Å². The smallest absolute Gasteiger partial charge is 0.269 e. The van der Waals surface area contributed by atoms with E-state index < -0.39 is 11.7 Å². The number of carbonyl (C=O) groups excluding carboxylic acids is 1. The predicted molar refractivity (Wildman–Crippen MR) is 83.0 cm³/mol. The lowest BCUT2D eigenvalue weighted by atomic mass is 10.1. The Bertz CT molecular complexity index is 701. The van der Waals surface area contributed by atoms with Crippen LogP contribution in [0.3, 0.4) is 0 Å². The highest BCUT2D eigenvalue weighted by Gasteiger charge is 2.24. The maximum absolute atomic E-state index is 14.3. The quantitative estimate of drug-likeness (QED) is 0.888. The average molecular weight is 355 g/mol. The van der Waals surface area contributed by atoms with Crippen molar-refractivity contribution in [2.24, 2.45) is 5.73 Å². The van der Waals surface area contributed by atoms with Crippen molar-refractivity contribution in [2.45, 2.75) is 26.7 Å². The van der Waals surface area contributed by atoms with Gasteiger partial charge in [0.15, 0.2) is 5.69 Å². The van der Waals surface area contributed by atoms with E-state index in [0.717, 1.165) is 0 Å². The van der Waals surface area contributed by atoms with Crippen molar-refractivity contribution in [3.8, 4) is 5.69 Å². The molecule has 0 atom stereocenters. The number of rotatable bonds is 3. The molecule has 1 heterocycles. The molecular formula is C14H16BrFN4O. The topological polar surface area (TPSA) is 86.9 Å². The lowest BCUT2D eigenvalue weighted by Crippen LogP contribution is -2.19. The molecular weight excluding hydrogens is 339 g/mol. The first kappa shape index (κ1) is 15.5. The lowest BCUT2D eigenvalue weighted by molar-refractivity contribution is 0.0993. The van der Waals surface area contributed by atoms with Gasteiger partial charge in [-0.3, -0.25) is 4.79 Å². The molecule has 0 saturated carbocycles. The van der Waals surface area contributed by atoms with Gasteiger partial charge in [-0.15, -0.1) is 0 Å². The van der Waals surface area contributed by atoms with Crippen LogP contribution in [0.1, 0.15) is 41.5 Å². The van der Waals surface area contributed by atoms with E-state index in [4.69, 9.17) is 11.5 Å². The Morgan fingerprint density at radius 3 is 2.52 bits per heavy atom. The van der Waals surface area contributed by atoms with Crippen LogP contribution in [0.5, 0.6) is 0 Å². The fourth-order valence-electron chi connectivity index (χ4n) is 2.24. The predicted octanol–water partition coefficient (Wildman–Crippen LogP) is 2.89. The van der Waals surface area contributed by atoms with E-state index in [-0.39, 0.29) is 23.0 Å². The van der Waals surface area contributed by atoms with Crippen LogP contribution < -0.4 is 11.5 Å². The number of anilines is 1. The molecule has 0 unspecified atom stereocenters. The number of primary amides is 1. The minimum absolute atomic E-state index is 0.00280. The zero-order valence-electron chi connectivity index (χ0n) is 11.9. The number of benzene rings is 1. The number of nitrogen functional groups attached to an aromatic ring is 1. The molecule has 0 saturated heterocycles. The van der Waals surface area contributed by atoms with Gasteiger partial charge in [-0.2, -0.15) is 5.10 Å². The van der Waals surface area contributed by atoms with Crippen molar-refractivity contribution < 1.29 is 9.18 Å². The molecule has 2 rings (SSSR count). The molecule has 5 nitrogen and oxygen atoms in total. The van der Waals surface area contributed by atoms with E-state index in [1.807, 2.05) is 13.8 Å². The van der Waals surface area contributed by atoms with Crippen molar-refractivity contribution in [3.05, 3.63) is 39.4 Å². The highest BCUT2D eigenvalue weighted by atomic mass is 79.9. The summed E-state index contributed by atoms with van der Waals surface area (Å²) in [4.78, 5) is 11.7. The normalized spacial score (nSPS) is 11.1. The monoisotopic (exact) mass is 354 g/mol. The molecule has 0 radical (unpaired) electrons. The van der Waals surface area contributed by atoms with Crippen LogP contribution in [0.2, 0.25) is 0 Å². The zero-order chi connectivity index (χ0) is 15.9. The SMILES string of the molecule is Cc1cc(Br)cc(F)c1-n1nc(C(C)C)c(N)c1C(N)=O. The van der Waals surface area contributed by atoms with Crippen LogP contribution in [0, 0.1) is 12.7 Å². The summed E-state index contributed by atoms with van der Waals surface area (Å²) >= 11 is 3.22. The van der Waals surface area contributed by atoms with Crippen LogP contribution >= 0.6 is 15.9 Å². The minimum atomic E-state index is -0.742. The average Bonchev–Trinajstić information content (AvgIpc) is 2.65. The van der Waals surface area contributed by atoms with E-state index in [2.05, 4.69) is 21.0 Å². The Hall–Kier alpha value is -1.89. The van der Waals surface area contributed by atoms with Crippen LogP contribution in [0.4, 0.5) is 10.1 Å². The molecule has 1 aromatic carbocycles. The largest absolute Gasteiger partial charge is 0.395 e. The molecule has 7 heteroatoms. The molecule has 0 bridgehead atoms. The fourth-order valence-corrected chi connectivity index (χ4v) is 2.78. The van der Waals surface area contributed by atoms with Gasteiger partial charge in [-0.05, 0) is 30.5 Å². The van der Waals surface area contributed by atoms with E-state index >= 15 is 0 Å². The second-order valence-electron chi connectivity index (χ2n) is 5.13. The van der Waals surface area contributed by atoms with Gasteiger partial charge in [0.2, 0.25) is 0 Å². The molecule has 2 aromatic rings. The van der Waals surface area contributed by atoms with E-state index in [1.165, 1.54) is 10.7 Å². The van der Waals surface area contributed by atoms with Crippen LogP contribution in [0.15, 0.2) is 16.6 Å². The first-order chi connectivity index (χ1) is 9.73. The summed E-state index contributed by atoms with van der Waals surface area (Å²) in [5.41, 5.74) is 12.8. The molecule has 0 aliphatic carbocycles. The Morgan fingerprint density at radius 1 is 1.43 bits per heavy atom. The van der Waals surface area contributed by atoms with Gasteiger partial charge in [-0.25, -0.2) is 9.07 Å². The summed E-state index contributed by atoms with van der Waals surface area (Å²) in [6, 6.07) is 3.04. The van der Waals surface area contributed by atoms with Crippen LogP contribution in [0.25, 0.3) is 5.69 Å². The van der Waals surface area contributed by atoms with Crippen molar-refractivity contribution in [3.63, 3.8) is 0 Å². The molecule has 0 aliphatic rings. The summed E-state index contributed by atoms with van der Waals surface area (Å²) in [5.74, 6) is -1.26. The third-order valence-corrected chi connectivity index (χ3v) is 3.62. The Kier molecular flexibility index (Phi) is 4.04. The van der Waals surface area contributed by atoms with Crippen LogP contribution in [-0.4, -0.2) is 15.7 Å². The number of carbonyl (C=O) groups is 1. The maximum Gasteiger partial charge on any atom is 0.269 e. The van der Waals surface area contributed by atoms with Crippen molar-refractivity contribution in [1.29, 1.82) is 0 Å². The number of nitrogens with zero attached hydrogens (tertiary/aromatic N) is 2. The van der Waals surface area contributed by atoms with Gasteiger partial charge in [0, 0.05) is 4.47 Å². The minimum Gasteiger partial charge on any atom is -0.395 e. The fraction of sp³-hybridized carbons (Fsp3) is 0.286. The first-order valence-corrected chi connectivity index (χ1v) is 7.17. The summed E-state index contributed by atoms with van der Waals surface area (Å²) < 4.78 is 16.1. The molecule has 0 fully saturated rings. The van der Waals surface area contributed by atoms with Crippen molar-refractivity contribution in [2.75, 3.05) is 5.73 Å². The second-order valence-corrected chi connectivity index (χ2v) is 6.05. The third kappa shape index (κ3) is 2.65. The number of halogens is 2. The zero-order valence-corrected chi connectivity index (χ0v) is 13.5. The summed E-state index contributed by atoms with van der Waals surface area (Å²) in [6.07, 6.45) is 0. The summed E-state index contributed by atoms with van der Waals surface area (Å²) in [7, 11) is 0. The van der Waals surface area contributed by atoms with E-state index in [9.17, 15) is 9.18 Å². The third-order valence-electron chi connectivity index (χ3n) is 3.16. The maximum atomic E-state index is 14.3. The molecule has 0 aliphatic heterocycles. The highest BCUT2D eigenvalue weighted by molar-refractivity contribution is 9.10. The number of nitrogens with two attached hydrogens (primary N) is 2. The molecule has 112 valence electrons. The Balaban J connectivity index is 2.81. The van der Waals surface area contributed by atoms with E-state index in [0.29, 0.717) is 15.7 Å². The molecule has 21 heavy (non-hydrogen) atoms. The van der Waals surface area contributed by atoms with Gasteiger partial charge in [0.25, 0.3) is 5.91 Å². The van der Waals surface area contributed by atoms with Gasteiger partial charge in [0.1, 0.15) is 11.5 Å². The standard InChI is InChI=1S/C14H16BrFN4O/c1-6(2)11-10(17)13(14(18)21)20(19-11)12-7(3)4-8(15)5-9(12)16/h4-6H,17H2,1-3H3,(H2,18,21). The first-order valence-electron chi connectivity index (χ1n) is 6.38. The number of amides is 1. The van der Waals surface area contributed by atoms with Crippen LogP contribution in [-0.2, 0) is 0 Å². The van der Waals surface area contributed by atoms with Gasteiger partial charge < -0.3 is 11.5 Å². The molecule has 1 aromatic heterocycles. The number of hydrogen-bond donors (Lipinski definition) is 2. The number of aromatic nitrogens is 2. The van der Waals surface area contributed by atoms with Gasteiger partial charge in [0.05, 0.1) is 11.4 Å². The summed E-state index contributed by atoms with van der Waals surface area (Å²) in [6.45, 7) is 5.50. The summed E-state index contributed by atoms with van der Waals surface area (Å²) in [5, 5.41) is 4.29. The highest BCUT2D eigenvalue weighted by Crippen LogP contribution is 2.30. The number of aryl methyl sites for hydroxylation is 1. The lowest BCUT2D eigenvalue weighted by Gasteiger charge is -2.10. The van der Waals surface area contributed by atoms with E-state index in [1.54, 1.807) is 13.0 Å². The van der Waals surface area contributed by atoms with Gasteiger partial charge in [-0.1, -0.05) is 29.8 Å². The second kappa shape index (κ2) is 5.48. The number of hydrogen-bond acceptors (Lipinski definition) is 3. The molecule has 1 amide bonds. The molecule has 4 N–H and O–H groups in total. The Labute approximate surface area is 130 Å². The Morgan fingerprint density at radius 2 is 2.05 bits per heavy atom. The van der Waals surface area contributed by atoms with Crippen molar-refractivity contribution in [1.82, 2.24) is 9.78 Å². The van der Waals surface area contributed by atoms with Crippen molar-refractivity contribution >= 4 is 27.5 Å².